The number of rotatable bonds is 2. The maximum Gasteiger partial charge on any atom is 0.278 e. The van der Waals surface area contributed by atoms with Crippen molar-refractivity contribution in [3.05, 3.63) is 76.3 Å². The van der Waals surface area contributed by atoms with Crippen molar-refractivity contribution in [3.63, 3.8) is 0 Å². The van der Waals surface area contributed by atoms with Crippen molar-refractivity contribution in [1.29, 1.82) is 0 Å². The van der Waals surface area contributed by atoms with Crippen LogP contribution in [0.4, 0.5) is 5.69 Å². The first-order valence-electron chi connectivity index (χ1n) is 10.1. The normalized spacial score (nSPS) is 15.6. The summed E-state index contributed by atoms with van der Waals surface area (Å²) in [5, 5.41) is 4.79. The Morgan fingerprint density at radius 3 is 2.45 bits per heavy atom. The van der Waals surface area contributed by atoms with Crippen LogP contribution in [-0.4, -0.2) is 43.7 Å². The standard InChI is InChI=1S/C23H16N6O4/c1-12-21(31)29-19(11-16-14-7-4-6-10-18(14)28(13(2)30)20(16)29)23(33)27(12)22(32)15-8-3-5-9-17(15)25-26-24/h3-12H,1-2H3/t12-/m0/s1. The quantitative estimate of drug-likeness (QED) is 0.196. The fraction of sp³-hybridized carbons (Fsp3) is 0.130. The summed E-state index contributed by atoms with van der Waals surface area (Å²) in [6, 6.07) is 13.6. The van der Waals surface area contributed by atoms with Crippen LogP contribution in [0.3, 0.4) is 0 Å². The summed E-state index contributed by atoms with van der Waals surface area (Å²) in [5.74, 6) is -2.27. The van der Waals surface area contributed by atoms with Crippen molar-refractivity contribution < 1.29 is 19.2 Å². The average Bonchev–Trinajstić information content (AvgIpc) is 3.33. The number of carbonyl (C=O) groups is 4. The maximum absolute atomic E-state index is 13.5. The van der Waals surface area contributed by atoms with Gasteiger partial charge < -0.3 is 0 Å². The van der Waals surface area contributed by atoms with E-state index in [1.807, 2.05) is 0 Å². The van der Waals surface area contributed by atoms with E-state index in [-0.39, 0.29) is 22.9 Å². The summed E-state index contributed by atoms with van der Waals surface area (Å²) in [7, 11) is 0. The lowest BCUT2D eigenvalue weighted by molar-refractivity contribution is 0.0452. The van der Waals surface area contributed by atoms with Gasteiger partial charge in [-0.15, -0.1) is 0 Å². The fourth-order valence-electron chi connectivity index (χ4n) is 4.41. The highest BCUT2D eigenvalue weighted by Gasteiger charge is 2.43. The summed E-state index contributed by atoms with van der Waals surface area (Å²) < 4.78 is 2.62. The molecule has 0 aliphatic carbocycles. The highest BCUT2D eigenvalue weighted by Crippen LogP contribution is 2.35. The number of benzene rings is 2. The molecule has 33 heavy (non-hydrogen) atoms. The van der Waals surface area contributed by atoms with Gasteiger partial charge in [-0.25, -0.2) is 0 Å². The molecule has 4 aromatic rings. The molecule has 0 spiro atoms. The van der Waals surface area contributed by atoms with E-state index < -0.39 is 23.8 Å². The monoisotopic (exact) mass is 440 g/mol. The molecular weight excluding hydrogens is 424 g/mol. The summed E-state index contributed by atoms with van der Waals surface area (Å²) >= 11 is 0. The number of fused-ring (bicyclic) bond motifs is 5. The van der Waals surface area contributed by atoms with Crippen LogP contribution in [0.1, 0.15) is 44.3 Å². The molecule has 10 heteroatoms. The molecule has 0 bridgehead atoms. The van der Waals surface area contributed by atoms with Gasteiger partial charge >= 0.3 is 0 Å². The molecule has 1 aliphatic rings. The topological polar surface area (TPSA) is 130 Å². The number of para-hydroxylation sites is 1. The SMILES string of the molecule is CC(=O)n1c2ccccc2c2cc3n(c21)C(=O)[C@H](C)N(C(=O)c1ccccc1N=[N+]=[N-])C3=O. The molecule has 0 radical (unpaired) electrons. The zero-order valence-electron chi connectivity index (χ0n) is 17.6. The van der Waals surface area contributed by atoms with Gasteiger partial charge in [-0.3, -0.25) is 33.2 Å². The molecule has 5 rings (SSSR count). The number of imide groups is 1. The van der Waals surface area contributed by atoms with E-state index in [4.69, 9.17) is 5.53 Å². The van der Waals surface area contributed by atoms with Crippen LogP contribution in [0.15, 0.2) is 59.7 Å². The Morgan fingerprint density at radius 2 is 1.73 bits per heavy atom. The summed E-state index contributed by atoms with van der Waals surface area (Å²) in [4.78, 5) is 56.3. The van der Waals surface area contributed by atoms with E-state index in [1.165, 1.54) is 41.2 Å². The number of carbonyl (C=O) groups excluding carboxylic acids is 4. The van der Waals surface area contributed by atoms with Gasteiger partial charge in [0.25, 0.3) is 17.7 Å². The summed E-state index contributed by atoms with van der Waals surface area (Å²) in [5.41, 5.74) is 9.77. The Kier molecular flexibility index (Phi) is 4.40. The second kappa shape index (κ2) is 7.18. The smallest absolute Gasteiger partial charge is 0.274 e. The number of nitrogens with zero attached hydrogens (tertiary/aromatic N) is 6. The van der Waals surface area contributed by atoms with Crippen molar-refractivity contribution in [1.82, 2.24) is 14.0 Å². The molecule has 2 aromatic heterocycles. The molecular formula is C23H16N6O4. The number of hydrogen-bond acceptors (Lipinski definition) is 5. The summed E-state index contributed by atoms with van der Waals surface area (Å²) in [6.07, 6.45) is 0. The van der Waals surface area contributed by atoms with Gasteiger partial charge in [-0.2, -0.15) is 0 Å². The van der Waals surface area contributed by atoms with E-state index in [9.17, 15) is 19.2 Å². The first kappa shape index (κ1) is 20.2. The van der Waals surface area contributed by atoms with Crippen LogP contribution >= 0.6 is 0 Å². The second-order valence-corrected chi connectivity index (χ2v) is 7.67. The van der Waals surface area contributed by atoms with Gasteiger partial charge in [0.15, 0.2) is 0 Å². The van der Waals surface area contributed by atoms with Gasteiger partial charge in [-0.1, -0.05) is 41.5 Å². The second-order valence-electron chi connectivity index (χ2n) is 7.67. The largest absolute Gasteiger partial charge is 0.278 e. The van der Waals surface area contributed by atoms with Crippen molar-refractivity contribution in [3.8, 4) is 0 Å². The Hall–Kier alpha value is -4.69. The van der Waals surface area contributed by atoms with Gasteiger partial charge in [0, 0.05) is 28.2 Å². The fourth-order valence-corrected chi connectivity index (χ4v) is 4.41. The first-order valence-corrected chi connectivity index (χ1v) is 10.1. The van der Waals surface area contributed by atoms with Crippen LogP contribution < -0.4 is 0 Å². The molecule has 2 amide bonds. The van der Waals surface area contributed by atoms with E-state index in [0.29, 0.717) is 21.9 Å². The van der Waals surface area contributed by atoms with Crippen LogP contribution in [0.25, 0.3) is 32.4 Å². The summed E-state index contributed by atoms with van der Waals surface area (Å²) in [6.45, 7) is 2.83. The third-order valence-electron chi connectivity index (χ3n) is 5.85. The predicted molar refractivity (Wildman–Crippen MR) is 120 cm³/mol. The third-order valence-corrected chi connectivity index (χ3v) is 5.85. The molecule has 0 saturated heterocycles. The molecule has 162 valence electrons. The Morgan fingerprint density at radius 1 is 1.03 bits per heavy atom. The van der Waals surface area contributed by atoms with Gasteiger partial charge in [0.05, 0.1) is 11.2 Å². The number of hydrogen-bond donors (Lipinski definition) is 0. The van der Waals surface area contributed by atoms with Crippen molar-refractivity contribution in [2.24, 2.45) is 5.11 Å². The van der Waals surface area contributed by atoms with Crippen molar-refractivity contribution >= 4 is 51.3 Å². The van der Waals surface area contributed by atoms with Crippen molar-refractivity contribution in [2.75, 3.05) is 0 Å². The van der Waals surface area contributed by atoms with Gasteiger partial charge in [0.1, 0.15) is 17.4 Å². The molecule has 2 aromatic carbocycles. The Bertz CT molecular complexity index is 1590. The van der Waals surface area contributed by atoms with E-state index >= 15 is 0 Å². The van der Waals surface area contributed by atoms with E-state index in [1.54, 1.807) is 36.4 Å². The minimum Gasteiger partial charge on any atom is -0.274 e. The Labute approximate surface area is 186 Å². The minimum atomic E-state index is -1.15. The number of azide groups is 1. The zero-order valence-corrected chi connectivity index (χ0v) is 17.6. The van der Waals surface area contributed by atoms with Gasteiger partial charge in [-0.05, 0) is 30.7 Å². The lowest BCUT2D eigenvalue weighted by Crippen LogP contribution is -2.53. The van der Waals surface area contributed by atoms with E-state index in [2.05, 4.69) is 10.0 Å². The number of aromatic nitrogens is 2. The average molecular weight is 440 g/mol. The minimum absolute atomic E-state index is 0.00607. The highest BCUT2D eigenvalue weighted by molar-refractivity contribution is 6.23. The lowest BCUT2D eigenvalue weighted by Gasteiger charge is -2.32. The maximum atomic E-state index is 13.5. The molecule has 3 heterocycles. The molecule has 0 saturated carbocycles. The van der Waals surface area contributed by atoms with Crippen LogP contribution in [-0.2, 0) is 0 Å². The molecule has 1 atom stereocenters. The zero-order chi connectivity index (χ0) is 23.4. The van der Waals surface area contributed by atoms with Gasteiger partial charge in [0.2, 0.25) is 5.91 Å². The molecule has 10 nitrogen and oxygen atoms in total. The Balaban J connectivity index is 1.74. The highest BCUT2D eigenvalue weighted by atomic mass is 16.2. The lowest BCUT2D eigenvalue weighted by atomic mass is 10.1. The van der Waals surface area contributed by atoms with Crippen LogP contribution in [0, 0.1) is 0 Å². The molecule has 1 aliphatic heterocycles. The third kappa shape index (κ3) is 2.71. The van der Waals surface area contributed by atoms with E-state index in [0.717, 1.165) is 4.90 Å². The van der Waals surface area contributed by atoms with Crippen molar-refractivity contribution in [2.45, 2.75) is 19.9 Å². The molecule has 0 unspecified atom stereocenters. The molecule has 0 N–H and O–H groups in total. The number of amides is 2. The first-order chi connectivity index (χ1) is 15.9. The van der Waals surface area contributed by atoms with Crippen LogP contribution in [0.5, 0.6) is 0 Å². The van der Waals surface area contributed by atoms with Crippen LogP contribution in [0.2, 0.25) is 0 Å². The predicted octanol–water partition coefficient (Wildman–Crippen LogP) is 4.52. The molecule has 0 fully saturated rings.